The first-order chi connectivity index (χ1) is 13.0. The van der Waals surface area contributed by atoms with Crippen LogP contribution in [0.1, 0.15) is 12.5 Å². The first-order valence-electron chi connectivity index (χ1n) is 8.89. The number of hydrogen-bond acceptors (Lipinski definition) is 5. The van der Waals surface area contributed by atoms with Crippen LogP contribution in [0.3, 0.4) is 0 Å². The number of aliphatic imine (C=N–C) groups is 1. The summed E-state index contributed by atoms with van der Waals surface area (Å²) in [6, 6.07) is 13.0. The molecule has 0 bridgehead atoms. The predicted molar refractivity (Wildman–Crippen MR) is 104 cm³/mol. The van der Waals surface area contributed by atoms with Crippen LogP contribution in [-0.2, 0) is 4.79 Å². The van der Waals surface area contributed by atoms with Gasteiger partial charge in [0, 0.05) is 30.7 Å². The Balaban J connectivity index is 1.76. The van der Waals surface area contributed by atoms with Crippen LogP contribution in [0.5, 0.6) is 11.5 Å². The fraction of sp³-hybridized carbons (Fsp3) is 0.300. The molecule has 2 aromatic carbocycles. The number of hydrogen-bond donors (Lipinski definition) is 2. The molecule has 2 heterocycles. The molecule has 0 unspecified atom stereocenters. The number of rotatable bonds is 2. The van der Waals surface area contributed by atoms with E-state index >= 15 is 0 Å². The van der Waals surface area contributed by atoms with Crippen LogP contribution in [-0.4, -0.2) is 47.5 Å². The molecular weight excluding hydrogens is 366 g/mol. The van der Waals surface area contributed by atoms with Crippen LogP contribution in [0.2, 0.25) is 5.02 Å². The lowest BCUT2D eigenvalue weighted by atomic mass is 9.99. The van der Waals surface area contributed by atoms with Crippen LogP contribution >= 0.6 is 11.6 Å². The Hall–Kier alpha value is -2.57. The maximum absolute atomic E-state index is 11.4. The average molecular weight is 386 g/mol. The molecule has 0 aromatic heterocycles. The second-order valence-electron chi connectivity index (χ2n) is 6.78. The van der Waals surface area contributed by atoms with E-state index in [1.54, 1.807) is 19.1 Å². The summed E-state index contributed by atoms with van der Waals surface area (Å²) in [7, 11) is 0. The summed E-state index contributed by atoms with van der Waals surface area (Å²) in [4.78, 5) is 18.4. The normalized spacial score (nSPS) is 19.9. The van der Waals surface area contributed by atoms with E-state index in [0.29, 0.717) is 29.5 Å². The van der Waals surface area contributed by atoms with Crippen molar-refractivity contribution in [3.05, 3.63) is 53.1 Å². The van der Waals surface area contributed by atoms with Gasteiger partial charge < -0.3 is 20.1 Å². The van der Waals surface area contributed by atoms with E-state index in [2.05, 4.69) is 10.2 Å². The standard InChI is InChI=1S/C20H20ClN3O3/c1-12(20(25)26)16-11-24(9-8-22-16)19-14-4-2-3-5-17(14)27-18-7-6-13(21)10-15(18)23-19/h2-7,10,12,16,22H,8-9,11H2,1H3,(H,25,26)/t12-,16+/m1/s1. The van der Waals surface area contributed by atoms with Gasteiger partial charge >= 0.3 is 5.97 Å². The van der Waals surface area contributed by atoms with E-state index in [0.717, 1.165) is 23.7 Å². The first-order valence-corrected chi connectivity index (χ1v) is 9.27. The topological polar surface area (TPSA) is 74.2 Å². The highest BCUT2D eigenvalue weighted by Gasteiger charge is 2.31. The number of para-hydroxylation sites is 1. The molecule has 0 radical (unpaired) electrons. The van der Waals surface area contributed by atoms with Crippen LogP contribution in [0.25, 0.3) is 0 Å². The van der Waals surface area contributed by atoms with E-state index in [1.807, 2.05) is 30.3 Å². The summed E-state index contributed by atoms with van der Waals surface area (Å²) >= 11 is 6.16. The molecule has 1 fully saturated rings. The molecule has 7 heteroatoms. The van der Waals surface area contributed by atoms with Crippen molar-refractivity contribution in [2.24, 2.45) is 10.9 Å². The number of benzene rings is 2. The third-order valence-corrected chi connectivity index (χ3v) is 5.23. The Labute approximate surface area is 162 Å². The molecule has 27 heavy (non-hydrogen) atoms. The van der Waals surface area contributed by atoms with Gasteiger partial charge in [-0.15, -0.1) is 0 Å². The van der Waals surface area contributed by atoms with Crippen molar-refractivity contribution in [1.29, 1.82) is 0 Å². The maximum Gasteiger partial charge on any atom is 0.307 e. The second kappa shape index (κ2) is 7.21. The van der Waals surface area contributed by atoms with Crippen LogP contribution in [0.4, 0.5) is 5.69 Å². The van der Waals surface area contributed by atoms with Crippen molar-refractivity contribution in [2.75, 3.05) is 19.6 Å². The number of carboxylic acid groups (broad SMARTS) is 1. The summed E-state index contributed by atoms with van der Waals surface area (Å²) < 4.78 is 6.08. The SMILES string of the molecule is C[C@@H](C(=O)O)[C@@H]1CN(C2=Nc3cc(Cl)ccc3Oc3ccccc32)CCN1. The van der Waals surface area contributed by atoms with Gasteiger partial charge in [-0.25, -0.2) is 4.99 Å². The van der Waals surface area contributed by atoms with Gasteiger partial charge in [0.25, 0.3) is 0 Å². The maximum atomic E-state index is 11.4. The molecule has 0 spiro atoms. The monoisotopic (exact) mass is 385 g/mol. The molecule has 0 amide bonds. The highest BCUT2D eigenvalue weighted by atomic mass is 35.5. The molecular formula is C20H20ClN3O3. The van der Waals surface area contributed by atoms with E-state index in [1.165, 1.54) is 0 Å². The summed E-state index contributed by atoms with van der Waals surface area (Å²) in [5, 5.41) is 13.3. The van der Waals surface area contributed by atoms with Crippen molar-refractivity contribution in [3.8, 4) is 11.5 Å². The summed E-state index contributed by atoms with van der Waals surface area (Å²) in [6.45, 7) is 3.69. The second-order valence-corrected chi connectivity index (χ2v) is 7.22. The molecule has 2 N–H and O–H groups in total. The number of halogens is 1. The molecule has 0 aliphatic carbocycles. The molecule has 1 saturated heterocycles. The summed E-state index contributed by atoms with van der Waals surface area (Å²) in [5.74, 6) is 0.840. The minimum Gasteiger partial charge on any atom is -0.481 e. The first kappa shape index (κ1) is 17.8. The smallest absolute Gasteiger partial charge is 0.307 e. The number of piperazine rings is 1. The number of carboxylic acids is 1. The molecule has 4 rings (SSSR count). The van der Waals surface area contributed by atoms with Gasteiger partial charge in [0.15, 0.2) is 5.75 Å². The summed E-state index contributed by atoms with van der Waals surface area (Å²) in [6.07, 6.45) is 0. The molecule has 2 atom stereocenters. The highest BCUT2D eigenvalue weighted by molar-refractivity contribution is 6.31. The minimum atomic E-state index is -0.807. The predicted octanol–water partition coefficient (Wildman–Crippen LogP) is 3.52. The number of nitrogens with one attached hydrogen (secondary N) is 1. The lowest BCUT2D eigenvalue weighted by Gasteiger charge is -2.37. The fourth-order valence-corrected chi connectivity index (χ4v) is 3.58. The zero-order valence-corrected chi connectivity index (χ0v) is 15.6. The van der Waals surface area contributed by atoms with E-state index in [-0.39, 0.29) is 6.04 Å². The van der Waals surface area contributed by atoms with Gasteiger partial charge in [-0.1, -0.05) is 30.7 Å². The van der Waals surface area contributed by atoms with Gasteiger partial charge in [0.1, 0.15) is 17.3 Å². The number of carbonyl (C=O) groups is 1. The van der Waals surface area contributed by atoms with Crippen molar-refractivity contribution >= 4 is 29.1 Å². The Morgan fingerprint density at radius 1 is 1.33 bits per heavy atom. The van der Waals surface area contributed by atoms with Crippen LogP contribution in [0, 0.1) is 5.92 Å². The van der Waals surface area contributed by atoms with Crippen molar-refractivity contribution in [1.82, 2.24) is 10.2 Å². The van der Waals surface area contributed by atoms with Gasteiger partial charge in [-0.2, -0.15) is 0 Å². The Morgan fingerprint density at radius 2 is 2.15 bits per heavy atom. The zero-order valence-electron chi connectivity index (χ0n) is 14.9. The average Bonchev–Trinajstić information content (AvgIpc) is 2.84. The Morgan fingerprint density at radius 3 is 2.96 bits per heavy atom. The molecule has 2 aliphatic rings. The highest BCUT2D eigenvalue weighted by Crippen LogP contribution is 2.39. The molecule has 0 saturated carbocycles. The number of ether oxygens (including phenoxy) is 1. The van der Waals surface area contributed by atoms with Crippen molar-refractivity contribution < 1.29 is 14.6 Å². The van der Waals surface area contributed by atoms with Crippen LogP contribution < -0.4 is 10.1 Å². The van der Waals surface area contributed by atoms with E-state index < -0.39 is 11.9 Å². The third kappa shape index (κ3) is 3.50. The largest absolute Gasteiger partial charge is 0.481 e. The minimum absolute atomic E-state index is 0.158. The lowest BCUT2D eigenvalue weighted by molar-refractivity contribution is -0.142. The lowest BCUT2D eigenvalue weighted by Crippen LogP contribution is -2.56. The number of aliphatic carboxylic acids is 1. The van der Waals surface area contributed by atoms with Gasteiger partial charge in [-0.05, 0) is 30.3 Å². The summed E-state index contributed by atoms with van der Waals surface area (Å²) in [5.41, 5.74) is 1.54. The Kier molecular flexibility index (Phi) is 4.76. The van der Waals surface area contributed by atoms with Crippen molar-refractivity contribution in [2.45, 2.75) is 13.0 Å². The quantitative estimate of drug-likeness (QED) is 0.827. The number of nitrogens with zero attached hydrogens (tertiary/aromatic N) is 2. The van der Waals surface area contributed by atoms with E-state index in [9.17, 15) is 9.90 Å². The van der Waals surface area contributed by atoms with E-state index in [4.69, 9.17) is 21.3 Å². The molecule has 6 nitrogen and oxygen atoms in total. The molecule has 2 aromatic rings. The van der Waals surface area contributed by atoms with Gasteiger partial charge in [0.2, 0.25) is 0 Å². The number of amidine groups is 1. The zero-order chi connectivity index (χ0) is 19.0. The molecule has 140 valence electrons. The van der Waals surface area contributed by atoms with Crippen molar-refractivity contribution in [3.63, 3.8) is 0 Å². The third-order valence-electron chi connectivity index (χ3n) is 4.99. The fourth-order valence-electron chi connectivity index (χ4n) is 3.42. The Bertz CT molecular complexity index is 915. The van der Waals surface area contributed by atoms with Crippen LogP contribution in [0.15, 0.2) is 47.5 Å². The number of fused-ring (bicyclic) bond motifs is 2. The van der Waals surface area contributed by atoms with Gasteiger partial charge in [0.05, 0.1) is 11.5 Å². The molecule has 2 aliphatic heterocycles. The van der Waals surface area contributed by atoms with Gasteiger partial charge in [-0.3, -0.25) is 4.79 Å².